The monoisotopic (exact) mass is 306 g/mol. The van der Waals surface area contributed by atoms with Gasteiger partial charge in [-0.05, 0) is 25.8 Å². The molecule has 0 bridgehead atoms. The zero-order valence-corrected chi connectivity index (χ0v) is 13.1. The molecular weight excluding hydrogens is 284 g/mol. The number of pyridine rings is 1. The molecule has 120 valence electrons. The normalized spacial score (nSPS) is 22.5. The van der Waals surface area contributed by atoms with Gasteiger partial charge in [0.1, 0.15) is 0 Å². The number of hydrogen-bond acceptors (Lipinski definition) is 5. The molecule has 1 aromatic rings. The van der Waals surface area contributed by atoms with Gasteiger partial charge in [-0.1, -0.05) is 0 Å². The number of aromatic nitrogens is 1. The van der Waals surface area contributed by atoms with E-state index in [1.807, 2.05) is 6.92 Å². The Morgan fingerprint density at radius 2 is 1.95 bits per heavy atom. The Morgan fingerprint density at radius 3 is 2.50 bits per heavy atom. The average molecular weight is 306 g/mol. The molecule has 1 spiro atoms. The largest absolute Gasteiger partial charge is 0.481 e. The summed E-state index contributed by atoms with van der Waals surface area (Å²) < 4.78 is 16.8. The van der Waals surface area contributed by atoms with Crippen LogP contribution >= 0.6 is 0 Å². The maximum Gasteiger partial charge on any atom is 0.235 e. The highest BCUT2D eigenvalue weighted by molar-refractivity contribution is 5.95. The fourth-order valence-electron chi connectivity index (χ4n) is 2.86. The Bertz CT molecular complexity index is 528. The summed E-state index contributed by atoms with van der Waals surface area (Å²) in [4.78, 5) is 16.6. The summed E-state index contributed by atoms with van der Waals surface area (Å²) in [7, 11) is 1.55. The molecule has 2 heterocycles. The molecule has 0 atom stereocenters. The zero-order valence-electron chi connectivity index (χ0n) is 13.1. The number of ether oxygens (including phenoxy) is 3. The number of hydrogen-bond donors (Lipinski definition) is 1. The van der Waals surface area contributed by atoms with Gasteiger partial charge in [0.25, 0.3) is 0 Å². The van der Waals surface area contributed by atoms with Gasteiger partial charge in [-0.3, -0.25) is 4.79 Å². The van der Waals surface area contributed by atoms with Crippen molar-refractivity contribution in [3.8, 4) is 5.88 Å². The molecule has 0 unspecified atom stereocenters. The molecule has 1 saturated heterocycles. The molecule has 2 aliphatic rings. The lowest BCUT2D eigenvalue weighted by Gasteiger charge is -2.42. The molecule has 1 aliphatic carbocycles. The first-order valence-corrected chi connectivity index (χ1v) is 7.65. The van der Waals surface area contributed by atoms with E-state index in [0.717, 1.165) is 25.7 Å². The van der Waals surface area contributed by atoms with Gasteiger partial charge in [0, 0.05) is 18.9 Å². The molecule has 1 amide bonds. The first kappa shape index (κ1) is 15.2. The summed E-state index contributed by atoms with van der Waals surface area (Å²) in [5, 5.41) is 2.87. The minimum Gasteiger partial charge on any atom is -0.481 e. The Kier molecular flexibility index (Phi) is 4.06. The summed E-state index contributed by atoms with van der Waals surface area (Å²) in [5.74, 6) is -0.0504. The summed E-state index contributed by atoms with van der Waals surface area (Å²) in [6, 6.07) is 3.47. The molecule has 1 saturated carbocycles. The summed E-state index contributed by atoms with van der Waals surface area (Å²) in [6.45, 7) is 2.62. The van der Waals surface area contributed by atoms with Crippen molar-refractivity contribution in [2.24, 2.45) is 5.41 Å². The Balaban J connectivity index is 1.61. The van der Waals surface area contributed by atoms with Crippen molar-refractivity contribution in [2.45, 2.75) is 38.4 Å². The predicted octanol–water partition coefficient (Wildman–Crippen LogP) is 2.35. The van der Waals surface area contributed by atoms with Crippen LogP contribution in [0.3, 0.4) is 0 Å². The average Bonchev–Trinajstić information content (AvgIpc) is 3.00. The van der Waals surface area contributed by atoms with Gasteiger partial charge in [0.05, 0.1) is 37.6 Å². The van der Waals surface area contributed by atoms with Gasteiger partial charge in [0.2, 0.25) is 11.8 Å². The van der Waals surface area contributed by atoms with Crippen LogP contribution < -0.4 is 10.1 Å². The molecule has 0 radical (unpaired) electrons. The lowest BCUT2D eigenvalue weighted by molar-refractivity contribution is -0.291. The third-order valence-electron chi connectivity index (χ3n) is 4.42. The van der Waals surface area contributed by atoms with Crippen molar-refractivity contribution in [1.29, 1.82) is 0 Å². The minimum absolute atomic E-state index is 0.118. The smallest absolute Gasteiger partial charge is 0.235 e. The van der Waals surface area contributed by atoms with Gasteiger partial charge in [0.15, 0.2) is 5.79 Å². The van der Waals surface area contributed by atoms with Crippen LogP contribution in [0, 0.1) is 5.41 Å². The SMILES string of the molecule is COc1ccc(NC(=O)C2(C)COC3(CCCC3)OC2)cn1. The van der Waals surface area contributed by atoms with E-state index in [1.54, 1.807) is 25.4 Å². The quantitative estimate of drug-likeness (QED) is 0.928. The molecule has 3 rings (SSSR count). The molecule has 6 heteroatoms. The number of carbonyl (C=O) groups excluding carboxylic acids is 1. The van der Waals surface area contributed by atoms with Gasteiger partial charge in [-0.15, -0.1) is 0 Å². The van der Waals surface area contributed by atoms with Crippen LogP contribution in [0.1, 0.15) is 32.6 Å². The van der Waals surface area contributed by atoms with Gasteiger partial charge in [-0.2, -0.15) is 0 Å². The Labute approximate surface area is 130 Å². The van der Waals surface area contributed by atoms with Crippen molar-refractivity contribution in [2.75, 3.05) is 25.6 Å². The molecule has 0 aromatic carbocycles. The number of nitrogens with zero attached hydrogens (tertiary/aromatic N) is 1. The number of amides is 1. The van der Waals surface area contributed by atoms with Crippen LogP contribution in [-0.2, 0) is 14.3 Å². The molecule has 1 aromatic heterocycles. The van der Waals surface area contributed by atoms with Crippen LogP contribution in [0.4, 0.5) is 5.69 Å². The fourth-order valence-corrected chi connectivity index (χ4v) is 2.86. The van der Waals surface area contributed by atoms with Gasteiger partial charge < -0.3 is 19.5 Å². The Morgan fingerprint density at radius 1 is 1.27 bits per heavy atom. The van der Waals surface area contributed by atoms with E-state index >= 15 is 0 Å². The van der Waals surface area contributed by atoms with E-state index in [1.165, 1.54) is 0 Å². The highest BCUT2D eigenvalue weighted by atomic mass is 16.7. The van der Waals surface area contributed by atoms with Crippen LogP contribution in [0.2, 0.25) is 0 Å². The molecule has 1 N–H and O–H groups in total. The molecule has 6 nitrogen and oxygen atoms in total. The summed E-state index contributed by atoms with van der Waals surface area (Å²) >= 11 is 0. The summed E-state index contributed by atoms with van der Waals surface area (Å²) in [5.41, 5.74) is -0.0542. The number of rotatable bonds is 3. The topological polar surface area (TPSA) is 69.7 Å². The highest BCUT2D eigenvalue weighted by Crippen LogP contribution is 2.40. The van der Waals surface area contributed by atoms with Crippen molar-refractivity contribution in [3.05, 3.63) is 18.3 Å². The lowest BCUT2D eigenvalue weighted by Crippen LogP contribution is -2.52. The third kappa shape index (κ3) is 2.94. The number of nitrogens with one attached hydrogen (secondary N) is 1. The fraction of sp³-hybridized carbons (Fsp3) is 0.625. The number of methoxy groups -OCH3 is 1. The van der Waals surface area contributed by atoms with Crippen molar-refractivity contribution < 1.29 is 19.0 Å². The molecule has 1 aliphatic heterocycles. The lowest BCUT2D eigenvalue weighted by atomic mass is 9.90. The van der Waals surface area contributed by atoms with E-state index in [4.69, 9.17) is 14.2 Å². The van der Waals surface area contributed by atoms with E-state index in [2.05, 4.69) is 10.3 Å². The molecule has 22 heavy (non-hydrogen) atoms. The van der Waals surface area contributed by atoms with E-state index in [-0.39, 0.29) is 5.91 Å². The van der Waals surface area contributed by atoms with E-state index < -0.39 is 11.2 Å². The second-order valence-corrected chi connectivity index (χ2v) is 6.30. The van der Waals surface area contributed by atoms with Gasteiger partial charge in [-0.25, -0.2) is 4.98 Å². The maximum atomic E-state index is 12.5. The first-order chi connectivity index (χ1) is 10.6. The van der Waals surface area contributed by atoms with Gasteiger partial charge >= 0.3 is 0 Å². The first-order valence-electron chi connectivity index (χ1n) is 7.65. The maximum absolute atomic E-state index is 12.5. The standard InChI is InChI=1S/C16H22N2O4/c1-15(10-21-16(22-11-15)7-3-4-8-16)14(19)18-12-5-6-13(20-2)17-9-12/h5-6,9H,3-4,7-8,10-11H2,1-2H3,(H,18,19). The third-order valence-corrected chi connectivity index (χ3v) is 4.42. The van der Waals surface area contributed by atoms with Crippen LogP contribution in [0.15, 0.2) is 18.3 Å². The Hall–Kier alpha value is -1.66. The van der Waals surface area contributed by atoms with Crippen molar-refractivity contribution in [3.63, 3.8) is 0 Å². The van der Waals surface area contributed by atoms with Crippen molar-refractivity contribution in [1.82, 2.24) is 4.98 Å². The van der Waals surface area contributed by atoms with E-state index in [9.17, 15) is 4.79 Å². The van der Waals surface area contributed by atoms with Crippen LogP contribution in [0.5, 0.6) is 5.88 Å². The number of carbonyl (C=O) groups is 1. The molecular formula is C16H22N2O4. The zero-order chi connectivity index (χ0) is 15.6. The number of anilines is 1. The summed E-state index contributed by atoms with van der Waals surface area (Å²) in [6.07, 6.45) is 5.67. The second-order valence-electron chi connectivity index (χ2n) is 6.30. The predicted molar refractivity (Wildman–Crippen MR) is 80.6 cm³/mol. The second kappa shape index (κ2) is 5.85. The molecule has 2 fully saturated rings. The van der Waals surface area contributed by atoms with Crippen molar-refractivity contribution >= 4 is 11.6 Å². The van der Waals surface area contributed by atoms with Crippen LogP contribution in [-0.4, -0.2) is 37.0 Å². The highest BCUT2D eigenvalue weighted by Gasteiger charge is 2.47. The van der Waals surface area contributed by atoms with Crippen LogP contribution in [0.25, 0.3) is 0 Å². The minimum atomic E-state index is -0.687. The van der Waals surface area contributed by atoms with E-state index in [0.29, 0.717) is 24.8 Å².